The Bertz CT molecular complexity index is 482. The topological polar surface area (TPSA) is 20.2 Å². The summed E-state index contributed by atoms with van der Waals surface area (Å²) in [7, 11) is 0. The molecular formula is C18H22O. The summed E-state index contributed by atoms with van der Waals surface area (Å²) < 4.78 is 0. The Morgan fingerprint density at radius 1 is 0.737 bits per heavy atom. The zero-order valence-electron chi connectivity index (χ0n) is 11.6. The van der Waals surface area contributed by atoms with E-state index < -0.39 is 0 Å². The zero-order chi connectivity index (χ0) is 13.5. The van der Waals surface area contributed by atoms with Gasteiger partial charge < -0.3 is 5.11 Å². The number of phenolic OH excluding ortho intramolecular Hbond substituents is 1. The van der Waals surface area contributed by atoms with Gasteiger partial charge in [0.2, 0.25) is 0 Å². The molecule has 0 fully saturated rings. The molecule has 19 heavy (non-hydrogen) atoms. The summed E-state index contributed by atoms with van der Waals surface area (Å²) in [6.45, 7) is 2.24. The van der Waals surface area contributed by atoms with Crippen LogP contribution >= 0.6 is 0 Å². The molecule has 1 N–H and O–H groups in total. The van der Waals surface area contributed by atoms with Crippen molar-refractivity contribution in [1.82, 2.24) is 0 Å². The van der Waals surface area contributed by atoms with Gasteiger partial charge in [-0.2, -0.15) is 0 Å². The van der Waals surface area contributed by atoms with Crippen LogP contribution in [0.4, 0.5) is 0 Å². The van der Waals surface area contributed by atoms with Gasteiger partial charge in [0.25, 0.3) is 0 Å². The number of rotatable bonds is 6. The molecule has 0 atom stereocenters. The lowest BCUT2D eigenvalue weighted by molar-refractivity contribution is 0.475. The Morgan fingerprint density at radius 3 is 1.89 bits per heavy atom. The monoisotopic (exact) mass is 254 g/mol. The summed E-state index contributed by atoms with van der Waals surface area (Å²) in [5.74, 6) is 0.316. The van der Waals surface area contributed by atoms with Gasteiger partial charge in [-0.15, -0.1) is 0 Å². The Kier molecular flexibility index (Phi) is 5.02. The van der Waals surface area contributed by atoms with Crippen LogP contribution in [0.2, 0.25) is 0 Å². The Hall–Kier alpha value is -1.76. The number of benzene rings is 2. The molecule has 0 amide bonds. The maximum absolute atomic E-state index is 9.29. The summed E-state index contributed by atoms with van der Waals surface area (Å²) in [5.41, 5.74) is 3.77. The second kappa shape index (κ2) is 6.98. The van der Waals surface area contributed by atoms with E-state index in [1.807, 2.05) is 12.1 Å². The third kappa shape index (κ3) is 4.13. The molecule has 100 valence electrons. The first kappa shape index (κ1) is 13.7. The van der Waals surface area contributed by atoms with Crippen molar-refractivity contribution in [1.29, 1.82) is 0 Å². The van der Waals surface area contributed by atoms with Gasteiger partial charge in [-0.3, -0.25) is 0 Å². The van der Waals surface area contributed by atoms with Crippen molar-refractivity contribution < 1.29 is 5.11 Å². The van der Waals surface area contributed by atoms with E-state index in [2.05, 4.69) is 31.2 Å². The van der Waals surface area contributed by atoms with Crippen LogP contribution in [0, 0.1) is 0 Å². The predicted octanol–water partition coefficient (Wildman–Crippen LogP) is 5.18. The molecule has 1 nitrogen and oxygen atoms in total. The maximum Gasteiger partial charge on any atom is 0.115 e. The smallest absolute Gasteiger partial charge is 0.115 e. The minimum atomic E-state index is 0.316. The highest BCUT2D eigenvalue weighted by molar-refractivity contribution is 5.64. The number of hydrogen-bond donors (Lipinski definition) is 1. The van der Waals surface area contributed by atoms with Crippen LogP contribution in [-0.2, 0) is 6.42 Å². The molecule has 0 aliphatic carbocycles. The summed E-state index contributed by atoms with van der Waals surface area (Å²) in [5, 5.41) is 9.29. The lowest BCUT2D eigenvalue weighted by Gasteiger charge is -2.05. The molecule has 0 aliphatic heterocycles. The molecule has 0 saturated heterocycles. The molecule has 2 aromatic rings. The molecule has 0 radical (unpaired) electrons. The van der Waals surface area contributed by atoms with Crippen LogP contribution in [0.5, 0.6) is 5.75 Å². The standard InChI is InChI=1S/C18H22O/c1-2-3-4-5-6-15-7-9-16(10-8-15)17-11-13-18(19)14-12-17/h7-14,19H,2-6H2,1H3. The Labute approximate surface area is 115 Å². The molecule has 0 aliphatic rings. The van der Waals surface area contributed by atoms with E-state index in [1.54, 1.807) is 12.1 Å². The zero-order valence-corrected chi connectivity index (χ0v) is 11.6. The van der Waals surface area contributed by atoms with Crippen LogP contribution in [-0.4, -0.2) is 5.11 Å². The third-order valence-corrected chi connectivity index (χ3v) is 3.47. The first-order valence-electron chi connectivity index (χ1n) is 7.18. The fraction of sp³-hybridized carbons (Fsp3) is 0.333. The molecule has 0 spiro atoms. The van der Waals surface area contributed by atoms with Gasteiger partial charge in [-0.05, 0) is 41.7 Å². The average Bonchev–Trinajstić information content (AvgIpc) is 2.45. The van der Waals surface area contributed by atoms with E-state index in [-0.39, 0.29) is 0 Å². The van der Waals surface area contributed by atoms with Gasteiger partial charge in [0.05, 0.1) is 0 Å². The number of aromatic hydroxyl groups is 1. The number of hydrogen-bond acceptors (Lipinski definition) is 1. The van der Waals surface area contributed by atoms with Gasteiger partial charge in [-0.25, -0.2) is 0 Å². The summed E-state index contributed by atoms with van der Waals surface area (Å²) in [4.78, 5) is 0. The molecule has 2 aromatic carbocycles. The second-order valence-corrected chi connectivity index (χ2v) is 5.05. The summed E-state index contributed by atoms with van der Waals surface area (Å²) >= 11 is 0. The molecule has 0 bridgehead atoms. The van der Waals surface area contributed by atoms with Gasteiger partial charge in [-0.1, -0.05) is 62.6 Å². The van der Waals surface area contributed by atoms with Crippen molar-refractivity contribution in [3.63, 3.8) is 0 Å². The lowest BCUT2D eigenvalue weighted by atomic mass is 10.0. The van der Waals surface area contributed by atoms with Gasteiger partial charge >= 0.3 is 0 Å². The Balaban J connectivity index is 1.96. The molecule has 1 heteroatoms. The molecule has 0 saturated carbocycles. The van der Waals surface area contributed by atoms with Gasteiger partial charge in [0, 0.05) is 0 Å². The first-order valence-corrected chi connectivity index (χ1v) is 7.18. The maximum atomic E-state index is 9.29. The fourth-order valence-corrected chi connectivity index (χ4v) is 2.27. The van der Waals surface area contributed by atoms with Crippen LogP contribution in [0.1, 0.15) is 38.2 Å². The quantitative estimate of drug-likeness (QED) is 0.704. The van der Waals surface area contributed by atoms with E-state index in [4.69, 9.17) is 0 Å². The van der Waals surface area contributed by atoms with Crippen LogP contribution in [0.15, 0.2) is 48.5 Å². The van der Waals surface area contributed by atoms with Crippen molar-refractivity contribution in [2.24, 2.45) is 0 Å². The van der Waals surface area contributed by atoms with E-state index in [1.165, 1.54) is 43.2 Å². The lowest BCUT2D eigenvalue weighted by Crippen LogP contribution is -1.86. The molecule has 0 aromatic heterocycles. The Morgan fingerprint density at radius 2 is 1.32 bits per heavy atom. The molecule has 0 unspecified atom stereocenters. The van der Waals surface area contributed by atoms with Crippen LogP contribution < -0.4 is 0 Å². The highest BCUT2D eigenvalue weighted by atomic mass is 16.3. The minimum absolute atomic E-state index is 0.316. The molecule has 0 heterocycles. The van der Waals surface area contributed by atoms with E-state index in [9.17, 15) is 5.11 Å². The van der Waals surface area contributed by atoms with E-state index in [0.717, 1.165) is 5.56 Å². The summed E-state index contributed by atoms with van der Waals surface area (Å²) in [6.07, 6.45) is 6.42. The summed E-state index contributed by atoms with van der Waals surface area (Å²) in [6, 6.07) is 16.1. The average molecular weight is 254 g/mol. The number of unbranched alkanes of at least 4 members (excludes halogenated alkanes) is 3. The van der Waals surface area contributed by atoms with Gasteiger partial charge in [0.15, 0.2) is 0 Å². The van der Waals surface area contributed by atoms with E-state index >= 15 is 0 Å². The molecular weight excluding hydrogens is 232 g/mol. The first-order chi connectivity index (χ1) is 9.29. The highest BCUT2D eigenvalue weighted by Gasteiger charge is 1.99. The fourth-order valence-electron chi connectivity index (χ4n) is 2.27. The van der Waals surface area contributed by atoms with Crippen LogP contribution in [0.3, 0.4) is 0 Å². The second-order valence-electron chi connectivity index (χ2n) is 5.05. The van der Waals surface area contributed by atoms with Crippen molar-refractivity contribution in [2.75, 3.05) is 0 Å². The van der Waals surface area contributed by atoms with Crippen molar-refractivity contribution in [2.45, 2.75) is 39.0 Å². The number of aryl methyl sites for hydroxylation is 1. The largest absolute Gasteiger partial charge is 0.508 e. The van der Waals surface area contributed by atoms with Crippen LogP contribution in [0.25, 0.3) is 11.1 Å². The molecule has 2 rings (SSSR count). The minimum Gasteiger partial charge on any atom is -0.508 e. The predicted molar refractivity (Wildman–Crippen MR) is 81.4 cm³/mol. The number of phenols is 1. The van der Waals surface area contributed by atoms with Crippen molar-refractivity contribution in [3.8, 4) is 16.9 Å². The SMILES string of the molecule is CCCCCCc1ccc(-c2ccc(O)cc2)cc1. The normalized spacial score (nSPS) is 10.6. The van der Waals surface area contributed by atoms with Crippen molar-refractivity contribution >= 4 is 0 Å². The highest BCUT2D eigenvalue weighted by Crippen LogP contribution is 2.22. The van der Waals surface area contributed by atoms with Crippen molar-refractivity contribution in [3.05, 3.63) is 54.1 Å². The van der Waals surface area contributed by atoms with E-state index in [0.29, 0.717) is 5.75 Å². The third-order valence-electron chi connectivity index (χ3n) is 3.47. The van der Waals surface area contributed by atoms with Gasteiger partial charge in [0.1, 0.15) is 5.75 Å².